The largest absolute Gasteiger partial charge is 0.385 e. The van der Waals surface area contributed by atoms with E-state index in [1.165, 1.54) is 5.56 Å². The maximum atomic E-state index is 11.7. The third-order valence-corrected chi connectivity index (χ3v) is 3.03. The van der Waals surface area contributed by atoms with E-state index in [4.69, 9.17) is 4.74 Å². The first-order chi connectivity index (χ1) is 9.84. The first-order valence-electron chi connectivity index (χ1n) is 7.03. The third kappa shape index (κ3) is 5.95. The van der Waals surface area contributed by atoms with E-state index in [2.05, 4.69) is 31.4 Å². The second kappa shape index (κ2) is 7.78. The molecule has 0 aliphatic rings. The highest BCUT2D eigenvalue weighted by Crippen LogP contribution is 2.23. The number of rotatable bonds is 5. The smallest absolute Gasteiger partial charge is 0.313 e. The van der Waals surface area contributed by atoms with E-state index in [9.17, 15) is 9.59 Å². The molecule has 0 atom stereocenters. The van der Waals surface area contributed by atoms with Crippen molar-refractivity contribution in [1.29, 1.82) is 0 Å². The van der Waals surface area contributed by atoms with Gasteiger partial charge in [0, 0.05) is 25.9 Å². The molecule has 0 bridgehead atoms. The Morgan fingerprint density at radius 1 is 1.10 bits per heavy atom. The molecule has 0 aliphatic heterocycles. The van der Waals surface area contributed by atoms with Crippen LogP contribution in [0.25, 0.3) is 0 Å². The molecular weight excluding hydrogens is 268 g/mol. The van der Waals surface area contributed by atoms with Gasteiger partial charge in [-0.2, -0.15) is 0 Å². The topological polar surface area (TPSA) is 67.4 Å². The molecule has 0 spiro atoms. The Balaban J connectivity index is 2.49. The molecule has 0 saturated heterocycles. The minimum absolute atomic E-state index is 0.0568. The average Bonchev–Trinajstić information content (AvgIpc) is 2.43. The quantitative estimate of drug-likeness (QED) is 0.645. The summed E-state index contributed by atoms with van der Waals surface area (Å²) in [6.45, 7) is 7.33. The summed E-state index contributed by atoms with van der Waals surface area (Å²) in [5.41, 5.74) is 1.84. The van der Waals surface area contributed by atoms with Crippen LogP contribution in [-0.2, 0) is 19.7 Å². The predicted molar refractivity (Wildman–Crippen MR) is 83.3 cm³/mol. The van der Waals surface area contributed by atoms with Gasteiger partial charge in [0.05, 0.1) is 0 Å². The highest BCUT2D eigenvalue weighted by atomic mass is 16.5. The number of benzene rings is 1. The van der Waals surface area contributed by atoms with E-state index in [1.807, 2.05) is 12.1 Å². The fraction of sp³-hybridized carbons (Fsp3) is 0.500. The lowest BCUT2D eigenvalue weighted by atomic mass is 9.87. The van der Waals surface area contributed by atoms with Crippen LogP contribution < -0.4 is 10.6 Å². The van der Waals surface area contributed by atoms with Crippen LogP contribution in [0.5, 0.6) is 0 Å². The summed E-state index contributed by atoms with van der Waals surface area (Å²) in [5, 5.41) is 5.12. The molecule has 0 aliphatic carbocycles. The van der Waals surface area contributed by atoms with Crippen LogP contribution in [0, 0.1) is 0 Å². The summed E-state index contributed by atoms with van der Waals surface area (Å²) < 4.78 is 4.87. The standard InChI is InChI=1S/C16H24N2O3/c1-16(2,3)12-6-8-13(9-7-12)18-15(20)14(19)17-10-5-11-21-4/h6-9H,5,10-11H2,1-4H3,(H,17,19)(H,18,20). The molecule has 0 saturated carbocycles. The molecule has 0 heterocycles. The van der Waals surface area contributed by atoms with Crippen LogP contribution in [0.1, 0.15) is 32.8 Å². The van der Waals surface area contributed by atoms with Gasteiger partial charge in [0.25, 0.3) is 0 Å². The zero-order valence-electron chi connectivity index (χ0n) is 13.2. The van der Waals surface area contributed by atoms with Crippen molar-refractivity contribution in [1.82, 2.24) is 5.32 Å². The molecule has 0 fully saturated rings. The molecule has 5 heteroatoms. The number of anilines is 1. The fourth-order valence-electron chi connectivity index (χ4n) is 1.74. The number of hydrogen-bond donors (Lipinski definition) is 2. The second-order valence-electron chi connectivity index (χ2n) is 5.88. The van der Waals surface area contributed by atoms with E-state index in [0.717, 1.165) is 0 Å². The van der Waals surface area contributed by atoms with Crippen LogP contribution in [-0.4, -0.2) is 32.1 Å². The Kier molecular flexibility index (Phi) is 6.37. The predicted octanol–water partition coefficient (Wildman–Crippen LogP) is 2.08. The van der Waals surface area contributed by atoms with Gasteiger partial charge in [-0.1, -0.05) is 32.9 Å². The maximum Gasteiger partial charge on any atom is 0.313 e. The number of ether oxygens (including phenoxy) is 1. The SMILES string of the molecule is COCCCNC(=O)C(=O)Nc1ccc(C(C)(C)C)cc1. The molecule has 0 aromatic heterocycles. The summed E-state index contributed by atoms with van der Waals surface area (Å²) in [6.07, 6.45) is 0.676. The Morgan fingerprint density at radius 3 is 2.24 bits per heavy atom. The van der Waals surface area contributed by atoms with Crippen LogP contribution in [0.2, 0.25) is 0 Å². The van der Waals surface area contributed by atoms with E-state index in [0.29, 0.717) is 25.3 Å². The molecule has 0 radical (unpaired) electrons. The molecule has 116 valence electrons. The van der Waals surface area contributed by atoms with Crippen molar-refractivity contribution in [2.45, 2.75) is 32.6 Å². The monoisotopic (exact) mass is 292 g/mol. The van der Waals surface area contributed by atoms with Crippen LogP contribution in [0.3, 0.4) is 0 Å². The molecule has 1 rings (SSSR count). The van der Waals surface area contributed by atoms with Gasteiger partial charge in [-0.25, -0.2) is 0 Å². The number of hydrogen-bond acceptors (Lipinski definition) is 3. The number of nitrogens with one attached hydrogen (secondary N) is 2. The molecule has 21 heavy (non-hydrogen) atoms. The summed E-state index contributed by atoms with van der Waals surface area (Å²) >= 11 is 0. The Bertz CT molecular complexity index is 475. The number of carbonyl (C=O) groups is 2. The highest BCUT2D eigenvalue weighted by molar-refractivity contribution is 6.39. The molecule has 1 aromatic rings. The van der Waals surface area contributed by atoms with Crippen LogP contribution in [0.15, 0.2) is 24.3 Å². The Labute approximate surface area is 126 Å². The average molecular weight is 292 g/mol. The lowest BCUT2D eigenvalue weighted by Crippen LogP contribution is -2.36. The Hall–Kier alpha value is -1.88. The van der Waals surface area contributed by atoms with Crippen molar-refractivity contribution >= 4 is 17.5 Å². The van der Waals surface area contributed by atoms with Gasteiger partial charge in [0.2, 0.25) is 0 Å². The number of amides is 2. The van der Waals surface area contributed by atoms with Crippen molar-refractivity contribution in [2.24, 2.45) is 0 Å². The lowest BCUT2D eigenvalue weighted by Gasteiger charge is -2.19. The fourth-order valence-corrected chi connectivity index (χ4v) is 1.74. The van der Waals surface area contributed by atoms with Crippen molar-refractivity contribution in [3.05, 3.63) is 29.8 Å². The van der Waals surface area contributed by atoms with Crippen molar-refractivity contribution in [3.8, 4) is 0 Å². The first kappa shape index (κ1) is 17.2. The van der Waals surface area contributed by atoms with Gasteiger partial charge >= 0.3 is 11.8 Å². The van der Waals surface area contributed by atoms with Gasteiger partial charge in [0.15, 0.2) is 0 Å². The van der Waals surface area contributed by atoms with Gasteiger partial charge < -0.3 is 15.4 Å². The minimum Gasteiger partial charge on any atom is -0.385 e. The van der Waals surface area contributed by atoms with Crippen LogP contribution in [0.4, 0.5) is 5.69 Å². The summed E-state index contributed by atoms with van der Waals surface area (Å²) in [5.74, 6) is -1.29. The first-order valence-corrected chi connectivity index (χ1v) is 7.03. The number of carbonyl (C=O) groups excluding carboxylic acids is 2. The molecular formula is C16H24N2O3. The minimum atomic E-state index is -0.657. The van der Waals surface area contributed by atoms with E-state index < -0.39 is 11.8 Å². The van der Waals surface area contributed by atoms with Gasteiger partial charge in [-0.3, -0.25) is 9.59 Å². The summed E-state index contributed by atoms with van der Waals surface area (Å²) in [6, 6.07) is 7.51. The van der Waals surface area contributed by atoms with E-state index in [-0.39, 0.29) is 5.41 Å². The lowest BCUT2D eigenvalue weighted by molar-refractivity contribution is -0.136. The van der Waals surface area contributed by atoms with E-state index in [1.54, 1.807) is 19.2 Å². The maximum absolute atomic E-state index is 11.7. The normalized spacial score (nSPS) is 11.0. The molecule has 0 unspecified atom stereocenters. The van der Waals surface area contributed by atoms with Gasteiger partial charge in [0.1, 0.15) is 0 Å². The van der Waals surface area contributed by atoms with Crippen molar-refractivity contribution < 1.29 is 14.3 Å². The van der Waals surface area contributed by atoms with Gasteiger partial charge in [-0.05, 0) is 29.5 Å². The summed E-state index contributed by atoms with van der Waals surface area (Å²) in [4.78, 5) is 23.3. The second-order valence-corrected chi connectivity index (χ2v) is 5.88. The summed E-state index contributed by atoms with van der Waals surface area (Å²) in [7, 11) is 1.59. The molecule has 2 amide bonds. The molecule has 2 N–H and O–H groups in total. The van der Waals surface area contributed by atoms with Gasteiger partial charge in [-0.15, -0.1) is 0 Å². The van der Waals surface area contributed by atoms with Crippen LogP contribution >= 0.6 is 0 Å². The highest BCUT2D eigenvalue weighted by Gasteiger charge is 2.15. The third-order valence-electron chi connectivity index (χ3n) is 3.03. The Morgan fingerprint density at radius 2 is 1.71 bits per heavy atom. The zero-order valence-corrected chi connectivity index (χ0v) is 13.2. The van der Waals surface area contributed by atoms with Crippen molar-refractivity contribution in [3.63, 3.8) is 0 Å². The van der Waals surface area contributed by atoms with E-state index >= 15 is 0 Å². The van der Waals surface area contributed by atoms with Crippen molar-refractivity contribution in [2.75, 3.05) is 25.6 Å². The number of methoxy groups -OCH3 is 1. The molecule has 5 nitrogen and oxygen atoms in total. The zero-order chi connectivity index (χ0) is 15.9. The molecule has 1 aromatic carbocycles.